The van der Waals surface area contributed by atoms with Crippen LogP contribution in [0.5, 0.6) is 0 Å². The number of fused-ring (bicyclic) bond motifs is 2. The van der Waals surface area contributed by atoms with E-state index in [1.54, 1.807) is 0 Å². The molecule has 27 heavy (non-hydrogen) atoms. The van der Waals surface area contributed by atoms with Crippen LogP contribution in [0.3, 0.4) is 0 Å². The van der Waals surface area contributed by atoms with E-state index in [2.05, 4.69) is 47.4 Å². The van der Waals surface area contributed by atoms with Gasteiger partial charge in [-0.2, -0.15) is 0 Å². The summed E-state index contributed by atoms with van der Waals surface area (Å²) in [6.07, 6.45) is 3.64. The second-order valence-corrected chi connectivity index (χ2v) is 8.30. The van der Waals surface area contributed by atoms with Crippen LogP contribution in [0.4, 0.5) is 0 Å². The van der Waals surface area contributed by atoms with E-state index in [4.69, 9.17) is 16.1 Å². The van der Waals surface area contributed by atoms with Crippen molar-refractivity contribution in [3.63, 3.8) is 0 Å². The largest absolute Gasteiger partial charge is 0.360 e. The molecular formula is C23H23ClN2O. The summed E-state index contributed by atoms with van der Waals surface area (Å²) in [5.74, 6) is 1.76. The average molecular weight is 379 g/mol. The molecule has 2 aromatic carbocycles. The number of aromatic nitrogens is 1. The zero-order valence-corrected chi connectivity index (χ0v) is 16.1. The molecule has 0 N–H and O–H groups in total. The topological polar surface area (TPSA) is 29.3 Å². The molecule has 2 aliphatic heterocycles. The lowest BCUT2D eigenvalue weighted by Gasteiger charge is -2.42. The number of hydrogen-bond donors (Lipinski definition) is 0. The van der Waals surface area contributed by atoms with Crippen LogP contribution < -0.4 is 0 Å². The van der Waals surface area contributed by atoms with Crippen molar-refractivity contribution < 1.29 is 4.52 Å². The van der Waals surface area contributed by atoms with Gasteiger partial charge in [-0.3, -0.25) is 4.90 Å². The maximum atomic E-state index is 6.13. The zero-order chi connectivity index (χ0) is 18.4. The van der Waals surface area contributed by atoms with Gasteiger partial charge in [-0.05, 0) is 49.9 Å². The summed E-state index contributed by atoms with van der Waals surface area (Å²) in [5, 5.41) is 5.19. The molecule has 4 atom stereocenters. The van der Waals surface area contributed by atoms with E-state index in [-0.39, 0.29) is 0 Å². The highest BCUT2D eigenvalue weighted by atomic mass is 35.5. The number of halogens is 1. The first kappa shape index (κ1) is 17.0. The standard InChI is InChI=1S/C23H23ClN2O/c1-26-18-11-12-21(26)23(19(13-18)15-7-9-17(24)10-8-15)22-14-20(25-27-22)16-5-3-2-4-6-16/h2-10,14,18-19,21,23H,11-13H2,1H3/t18-,19+,21+,23-/m0/s1. The summed E-state index contributed by atoms with van der Waals surface area (Å²) < 4.78 is 5.93. The molecule has 1 aromatic heterocycles. The average Bonchev–Trinajstić information content (AvgIpc) is 3.26. The Balaban J connectivity index is 1.54. The van der Waals surface area contributed by atoms with E-state index < -0.39 is 0 Å². The molecule has 3 heterocycles. The van der Waals surface area contributed by atoms with Gasteiger partial charge in [0.15, 0.2) is 0 Å². The van der Waals surface area contributed by atoms with Gasteiger partial charge in [-0.15, -0.1) is 0 Å². The molecule has 0 spiro atoms. The third kappa shape index (κ3) is 2.99. The van der Waals surface area contributed by atoms with Crippen LogP contribution in [0.15, 0.2) is 65.2 Å². The Morgan fingerprint density at radius 1 is 1.04 bits per heavy atom. The van der Waals surface area contributed by atoms with E-state index in [0.717, 1.165) is 28.5 Å². The summed E-state index contributed by atoms with van der Waals surface area (Å²) in [5.41, 5.74) is 3.37. The number of rotatable bonds is 3. The van der Waals surface area contributed by atoms with Gasteiger partial charge in [0, 0.05) is 34.7 Å². The lowest BCUT2D eigenvalue weighted by Crippen LogP contribution is -2.44. The molecule has 0 radical (unpaired) electrons. The normalized spacial score (nSPS) is 27.8. The summed E-state index contributed by atoms with van der Waals surface area (Å²) in [6, 6.07) is 21.9. The number of likely N-dealkylation sites (N-methyl/N-ethyl adjacent to an activating group) is 1. The molecule has 2 fully saturated rings. The van der Waals surface area contributed by atoms with Crippen molar-refractivity contribution in [2.75, 3.05) is 7.05 Å². The summed E-state index contributed by atoms with van der Waals surface area (Å²) >= 11 is 6.13. The molecule has 2 bridgehead atoms. The molecule has 5 rings (SSSR count). The molecule has 3 nitrogen and oxygen atoms in total. The summed E-state index contributed by atoms with van der Waals surface area (Å²) in [6.45, 7) is 0. The van der Waals surface area contributed by atoms with E-state index in [9.17, 15) is 0 Å². The minimum absolute atomic E-state index is 0.319. The Bertz CT molecular complexity index is 921. The second kappa shape index (κ2) is 6.81. The monoisotopic (exact) mass is 378 g/mol. The predicted molar refractivity (Wildman–Crippen MR) is 108 cm³/mol. The van der Waals surface area contributed by atoms with Crippen LogP contribution in [-0.4, -0.2) is 29.2 Å². The van der Waals surface area contributed by atoms with Crippen LogP contribution in [0.2, 0.25) is 5.02 Å². The molecule has 4 heteroatoms. The molecule has 2 saturated heterocycles. The first-order chi connectivity index (χ1) is 13.2. The van der Waals surface area contributed by atoms with Gasteiger partial charge in [0.05, 0.1) is 0 Å². The molecule has 138 valence electrons. The Hall–Kier alpha value is -2.10. The van der Waals surface area contributed by atoms with E-state index >= 15 is 0 Å². The van der Waals surface area contributed by atoms with Crippen molar-refractivity contribution in [2.24, 2.45) is 0 Å². The maximum Gasteiger partial charge on any atom is 0.142 e. The van der Waals surface area contributed by atoms with Crippen molar-refractivity contribution >= 4 is 11.6 Å². The second-order valence-electron chi connectivity index (χ2n) is 7.86. The SMILES string of the molecule is CN1[C@H]2CC[C@@H]1[C@@H](c1cc(-c3ccccc3)no1)[C@@H](c1ccc(Cl)cc1)C2. The van der Waals surface area contributed by atoms with E-state index in [1.807, 2.05) is 30.3 Å². The van der Waals surface area contributed by atoms with Gasteiger partial charge in [0.25, 0.3) is 0 Å². The zero-order valence-electron chi connectivity index (χ0n) is 15.4. The fourth-order valence-corrected chi connectivity index (χ4v) is 5.22. The molecule has 3 aromatic rings. The number of hydrogen-bond acceptors (Lipinski definition) is 3. The Kier molecular flexibility index (Phi) is 4.30. The summed E-state index contributed by atoms with van der Waals surface area (Å²) in [7, 11) is 2.27. The lowest BCUT2D eigenvalue weighted by atomic mass is 9.75. The van der Waals surface area contributed by atoms with E-state index in [0.29, 0.717) is 23.9 Å². The Morgan fingerprint density at radius 3 is 2.59 bits per heavy atom. The van der Waals surface area contributed by atoms with Crippen LogP contribution >= 0.6 is 11.6 Å². The van der Waals surface area contributed by atoms with Crippen LogP contribution in [-0.2, 0) is 0 Å². The number of benzene rings is 2. The maximum absolute atomic E-state index is 6.13. The first-order valence-corrected chi connectivity index (χ1v) is 10.1. The van der Waals surface area contributed by atoms with Crippen molar-refractivity contribution in [2.45, 2.75) is 43.2 Å². The van der Waals surface area contributed by atoms with Gasteiger partial charge in [0.1, 0.15) is 11.5 Å². The van der Waals surface area contributed by atoms with Crippen LogP contribution in [0, 0.1) is 0 Å². The smallest absolute Gasteiger partial charge is 0.142 e. The van der Waals surface area contributed by atoms with Crippen molar-refractivity contribution in [3.8, 4) is 11.3 Å². The van der Waals surface area contributed by atoms with Crippen molar-refractivity contribution in [3.05, 3.63) is 77.0 Å². The predicted octanol–water partition coefficient (Wildman–Crippen LogP) is 5.73. The third-order valence-corrected chi connectivity index (χ3v) is 6.75. The molecule has 0 saturated carbocycles. The van der Waals surface area contributed by atoms with Gasteiger partial charge >= 0.3 is 0 Å². The lowest BCUT2D eigenvalue weighted by molar-refractivity contribution is 0.122. The van der Waals surface area contributed by atoms with Crippen LogP contribution in [0.1, 0.15) is 42.4 Å². The van der Waals surface area contributed by atoms with E-state index in [1.165, 1.54) is 18.4 Å². The highest BCUT2D eigenvalue weighted by molar-refractivity contribution is 6.30. The fraction of sp³-hybridized carbons (Fsp3) is 0.348. The highest BCUT2D eigenvalue weighted by Gasteiger charge is 2.48. The van der Waals surface area contributed by atoms with Crippen LogP contribution in [0.25, 0.3) is 11.3 Å². The van der Waals surface area contributed by atoms with Gasteiger partial charge in [-0.1, -0.05) is 59.2 Å². The number of piperidine rings is 1. The Labute approximate surface area is 164 Å². The molecule has 0 aliphatic carbocycles. The Morgan fingerprint density at radius 2 is 1.81 bits per heavy atom. The minimum atomic E-state index is 0.319. The van der Waals surface area contributed by atoms with Crippen molar-refractivity contribution in [1.29, 1.82) is 0 Å². The molecular weight excluding hydrogens is 356 g/mol. The van der Waals surface area contributed by atoms with Gasteiger partial charge in [-0.25, -0.2) is 0 Å². The van der Waals surface area contributed by atoms with Gasteiger partial charge in [0.2, 0.25) is 0 Å². The van der Waals surface area contributed by atoms with Crippen molar-refractivity contribution in [1.82, 2.24) is 10.1 Å². The highest BCUT2D eigenvalue weighted by Crippen LogP contribution is 2.51. The minimum Gasteiger partial charge on any atom is -0.360 e. The first-order valence-electron chi connectivity index (χ1n) is 9.70. The number of nitrogens with zero attached hydrogens (tertiary/aromatic N) is 2. The molecule has 0 amide bonds. The molecule has 0 unspecified atom stereocenters. The van der Waals surface area contributed by atoms with Gasteiger partial charge < -0.3 is 4.52 Å². The fourth-order valence-electron chi connectivity index (χ4n) is 5.10. The third-order valence-electron chi connectivity index (χ3n) is 6.49. The molecule has 2 aliphatic rings. The summed E-state index contributed by atoms with van der Waals surface area (Å²) in [4.78, 5) is 2.56. The quantitative estimate of drug-likeness (QED) is 0.582.